The molecule has 24 heavy (non-hydrogen) atoms. The highest BCUT2D eigenvalue weighted by Gasteiger charge is 2.92. The van der Waals surface area contributed by atoms with Crippen molar-refractivity contribution in [3.05, 3.63) is 0 Å². The van der Waals surface area contributed by atoms with Crippen LogP contribution in [0.1, 0.15) is 0 Å². The normalized spacial score (nSPS) is 16.5. The smallest absolute Gasteiger partial charge is 0.331 e. The Kier molecular flexibility index (Phi) is 5.21. The lowest BCUT2D eigenvalue weighted by Gasteiger charge is -2.41. The molecule has 0 fully saturated rings. The third-order valence-corrected chi connectivity index (χ3v) is 2.58. The van der Waals surface area contributed by atoms with Crippen LogP contribution in [0.5, 0.6) is 0 Å². The molecule has 0 heterocycles. The molecule has 16 heteroatoms. The van der Waals surface area contributed by atoms with E-state index in [-0.39, 0.29) is 0 Å². The van der Waals surface area contributed by atoms with Crippen LogP contribution in [0, 0.1) is 0 Å². The molecule has 0 aromatic carbocycles. The zero-order valence-corrected chi connectivity index (χ0v) is 10.3. The van der Waals surface area contributed by atoms with E-state index in [2.05, 4.69) is 0 Å². The van der Waals surface area contributed by atoms with Crippen molar-refractivity contribution < 1.29 is 71.0 Å². The van der Waals surface area contributed by atoms with E-state index < -0.39 is 48.3 Å². The maximum Gasteiger partial charge on any atom is 0.423 e. The molecule has 0 aliphatic carbocycles. The lowest BCUT2D eigenvalue weighted by Crippen LogP contribution is -2.73. The van der Waals surface area contributed by atoms with Crippen LogP contribution >= 0.6 is 0 Å². The average Bonchev–Trinajstić information content (AvgIpc) is 2.36. The summed E-state index contributed by atoms with van der Waals surface area (Å²) in [6.45, 7) is -3.82. The van der Waals surface area contributed by atoms with Gasteiger partial charge in [-0.1, -0.05) is 0 Å². The summed E-state index contributed by atoms with van der Waals surface area (Å²) < 4.78 is 187. The van der Waals surface area contributed by atoms with Crippen LogP contribution in [0.4, 0.5) is 65.9 Å². The predicted molar refractivity (Wildman–Crippen MR) is 42.8 cm³/mol. The van der Waals surface area contributed by atoms with Crippen LogP contribution in [0.3, 0.4) is 0 Å². The summed E-state index contributed by atoms with van der Waals surface area (Å²) in [5.74, 6) is -46.9. The second kappa shape index (κ2) is 5.45. The third kappa shape index (κ3) is 2.65. The molecule has 0 amide bonds. The van der Waals surface area contributed by atoms with Gasteiger partial charge in [-0.25, -0.2) is 4.39 Å². The van der Waals surface area contributed by atoms with Crippen molar-refractivity contribution in [2.75, 3.05) is 6.67 Å². The minimum atomic E-state index is -8.28. The lowest BCUT2D eigenvalue weighted by atomic mass is 9.91. The fourth-order valence-electron chi connectivity index (χ4n) is 1.09. The van der Waals surface area contributed by atoms with Gasteiger partial charge in [-0.15, -0.1) is 0 Å². The summed E-state index contributed by atoms with van der Waals surface area (Å²) in [5, 5.41) is 7.38. The van der Waals surface area contributed by atoms with Crippen molar-refractivity contribution >= 4 is 0 Å². The topological polar surface area (TPSA) is 20.2 Å². The lowest BCUT2D eigenvalue weighted by molar-refractivity contribution is -0.461. The molecular formula is C8H3F15O. The molecule has 0 aromatic heterocycles. The van der Waals surface area contributed by atoms with Gasteiger partial charge in [0.1, 0.15) is 0 Å². The molecule has 0 aliphatic rings. The van der Waals surface area contributed by atoms with E-state index in [1.54, 1.807) is 0 Å². The van der Waals surface area contributed by atoms with E-state index in [1.807, 2.05) is 0 Å². The van der Waals surface area contributed by atoms with E-state index in [4.69, 9.17) is 5.11 Å². The Bertz CT molecular complexity index is 461. The quantitative estimate of drug-likeness (QED) is 0.631. The molecule has 0 unspecified atom stereocenters. The van der Waals surface area contributed by atoms with E-state index in [9.17, 15) is 65.9 Å². The molecule has 1 nitrogen and oxygen atoms in total. The molecule has 0 aliphatic heterocycles. The van der Waals surface area contributed by atoms with Crippen LogP contribution < -0.4 is 0 Å². The Morgan fingerprint density at radius 1 is 0.458 bits per heavy atom. The summed E-state index contributed by atoms with van der Waals surface area (Å²) >= 11 is 0. The summed E-state index contributed by atoms with van der Waals surface area (Å²) in [7, 11) is 0. The highest BCUT2D eigenvalue weighted by molar-refractivity contribution is 5.12. The fourth-order valence-corrected chi connectivity index (χ4v) is 1.09. The largest absolute Gasteiger partial charge is 0.423 e. The first-order valence-corrected chi connectivity index (χ1v) is 4.99. The Morgan fingerprint density at radius 2 is 0.708 bits per heavy atom. The first-order valence-electron chi connectivity index (χ1n) is 4.99. The second-order valence-corrected chi connectivity index (χ2v) is 4.25. The average molecular weight is 400 g/mol. The van der Waals surface area contributed by atoms with Gasteiger partial charge >= 0.3 is 41.6 Å². The minimum Gasteiger partial charge on any atom is -0.331 e. The first kappa shape index (κ1) is 22.9. The van der Waals surface area contributed by atoms with Gasteiger partial charge < -0.3 is 5.11 Å². The van der Waals surface area contributed by atoms with Crippen molar-refractivity contribution in [1.82, 2.24) is 0 Å². The Hall–Kier alpha value is -1.09. The zero-order chi connectivity index (χ0) is 20.2. The number of alkyl halides is 15. The molecule has 0 spiro atoms. The predicted octanol–water partition coefficient (Wildman–Crippen LogP) is 4.35. The van der Waals surface area contributed by atoms with Crippen molar-refractivity contribution in [3.63, 3.8) is 0 Å². The minimum absolute atomic E-state index is 3.82. The Morgan fingerprint density at radius 3 is 0.958 bits per heavy atom. The zero-order valence-electron chi connectivity index (χ0n) is 10.3. The second-order valence-electron chi connectivity index (χ2n) is 4.25. The molecule has 0 aromatic rings. The van der Waals surface area contributed by atoms with Gasteiger partial charge in [0.2, 0.25) is 0 Å². The van der Waals surface area contributed by atoms with Crippen LogP contribution in [-0.2, 0) is 0 Å². The van der Waals surface area contributed by atoms with Gasteiger partial charge in [0.15, 0.2) is 6.67 Å². The van der Waals surface area contributed by atoms with Crippen LogP contribution in [0.2, 0.25) is 0 Å². The van der Waals surface area contributed by atoms with E-state index in [0.717, 1.165) is 0 Å². The van der Waals surface area contributed by atoms with Crippen LogP contribution in [0.25, 0.3) is 0 Å². The molecule has 0 atom stereocenters. The highest BCUT2D eigenvalue weighted by Crippen LogP contribution is 2.61. The molecule has 0 bridgehead atoms. The van der Waals surface area contributed by atoms with Gasteiger partial charge in [-0.3, -0.25) is 0 Å². The van der Waals surface area contributed by atoms with Crippen LogP contribution in [-0.4, -0.2) is 53.4 Å². The third-order valence-electron chi connectivity index (χ3n) is 2.58. The Labute approximate surface area is 121 Å². The van der Waals surface area contributed by atoms with Crippen molar-refractivity contribution in [2.45, 2.75) is 41.6 Å². The van der Waals surface area contributed by atoms with Crippen LogP contribution in [0.15, 0.2) is 0 Å². The first-order chi connectivity index (χ1) is 10.1. The summed E-state index contributed by atoms with van der Waals surface area (Å²) in [4.78, 5) is 0. The van der Waals surface area contributed by atoms with Gasteiger partial charge in [0.05, 0.1) is 0 Å². The van der Waals surface area contributed by atoms with E-state index in [0.29, 0.717) is 0 Å². The molecule has 0 saturated heterocycles. The van der Waals surface area contributed by atoms with Gasteiger partial charge in [0, 0.05) is 0 Å². The molecule has 0 saturated carbocycles. The summed E-state index contributed by atoms with van der Waals surface area (Å²) in [5.41, 5.74) is 0. The van der Waals surface area contributed by atoms with Gasteiger partial charge in [-0.05, 0) is 0 Å². The maximum absolute atomic E-state index is 12.8. The number of hydrogen-bond acceptors (Lipinski definition) is 1. The molecular weight excluding hydrogens is 397 g/mol. The molecule has 1 N–H and O–H groups in total. The van der Waals surface area contributed by atoms with E-state index >= 15 is 0 Å². The molecule has 146 valence electrons. The highest BCUT2D eigenvalue weighted by atomic mass is 19.4. The molecule has 0 radical (unpaired) electrons. The molecule has 0 rings (SSSR count). The monoisotopic (exact) mass is 400 g/mol. The number of halogens is 15. The number of hydrogen-bond donors (Lipinski definition) is 1. The van der Waals surface area contributed by atoms with Crippen molar-refractivity contribution in [2.24, 2.45) is 0 Å². The number of aliphatic hydroxyl groups is 1. The summed E-state index contributed by atoms with van der Waals surface area (Å²) in [6.07, 6.45) is -7.14. The van der Waals surface area contributed by atoms with E-state index in [1.165, 1.54) is 0 Å². The summed E-state index contributed by atoms with van der Waals surface area (Å²) in [6, 6.07) is 0. The number of rotatable bonds is 7. The maximum atomic E-state index is 12.8. The van der Waals surface area contributed by atoms with Gasteiger partial charge in [-0.2, -0.15) is 61.5 Å². The Balaban J connectivity index is 6.42. The fraction of sp³-hybridized carbons (Fsp3) is 1.00. The standard InChI is InChI=1S/C8H3F15O/c9-1-2(10,11)3(12,13)4(14,15)5(16,17)6(18,19)7(20,21)8(22,23)24/h24H,1H2. The van der Waals surface area contributed by atoms with Crippen molar-refractivity contribution in [1.29, 1.82) is 0 Å². The van der Waals surface area contributed by atoms with Crippen molar-refractivity contribution in [3.8, 4) is 0 Å². The van der Waals surface area contributed by atoms with Gasteiger partial charge in [0.25, 0.3) is 0 Å². The SMILES string of the molecule is OC(F)(F)C(F)(F)C(F)(F)C(F)(F)C(F)(F)C(F)(F)C(F)(F)CF.